The van der Waals surface area contributed by atoms with Gasteiger partial charge in [-0.25, -0.2) is 9.67 Å². The summed E-state index contributed by atoms with van der Waals surface area (Å²) in [4.78, 5) is 28.8. The second-order valence-electron chi connectivity index (χ2n) is 6.71. The van der Waals surface area contributed by atoms with Gasteiger partial charge in [0, 0.05) is 29.2 Å². The minimum absolute atomic E-state index is 0.239. The second kappa shape index (κ2) is 9.40. The van der Waals surface area contributed by atoms with Gasteiger partial charge < -0.3 is 14.5 Å². The van der Waals surface area contributed by atoms with Gasteiger partial charge in [0.25, 0.3) is 11.5 Å². The van der Waals surface area contributed by atoms with Crippen molar-refractivity contribution in [2.24, 2.45) is 0 Å². The van der Waals surface area contributed by atoms with E-state index in [0.717, 1.165) is 10.7 Å². The molecule has 31 heavy (non-hydrogen) atoms. The highest BCUT2D eigenvalue weighted by molar-refractivity contribution is 7.09. The molecule has 0 unspecified atom stereocenters. The monoisotopic (exact) mass is 436 g/mol. The smallest absolute Gasteiger partial charge is 0.266 e. The number of aryl methyl sites for hydroxylation is 1. The van der Waals surface area contributed by atoms with Gasteiger partial charge in [0.15, 0.2) is 5.76 Å². The van der Waals surface area contributed by atoms with Crippen LogP contribution in [0.2, 0.25) is 0 Å². The van der Waals surface area contributed by atoms with Crippen LogP contribution in [0.3, 0.4) is 0 Å². The minimum atomic E-state index is -0.249. The lowest BCUT2D eigenvalue weighted by molar-refractivity contribution is 0.0951. The number of carbonyl (C=O) groups excluding carboxylic acids is 1. The van der Waals surface area contributed by atoms with Crippen molar-refractivity contribution >= 4 is 17.2 Å². The van der Waals surface area contributed by atoms with Crippen LogP contribution in [0.1, 0.15) is 21.1 Å². The van der Waals surface area contributed by atoms with Crippen molar-refractivity contribution in [2.75, 3.05) is 6.54 Å². The molecule has 3 heterocycles. The van der Waals surface area contributed by atoms with Crippen molar-refractivity contribution in [3.8, 4) is 17.2 Å². The van der Waals surface area contributed by atoms with E-state index in [9.17, 15) is 9.59 Å². The molecule has 4 rings (SSSR count). The number of hydrogen-bond acceptors (Lipinski definition) is 7. The highest BCUT2D eigenvalue weighted by Gasteiger charge is 2.08. The molecule has 0 saturated carbocycles. The third-order valence-corrected chi connectivity index (χ3v) is 5.33. The lowest BCUT2D eigenvalue weighted by Gasteiger charge is -2.09. The number of hydrogen-bond donors (Lipinski definition) is 1. The lowest BCUT2D eigenvalue weighted by atomic mass is 10.2. The summed E-state index contributed by atoms with van der Waals surface area (Å²) in [6, 6.07) is 13.4. The SMILES string of the molecule is Cc1csc(COc2ccc(C(=O)NCCn3nc(-c4ccco4)ccc3=O)cc2)n1. The fourth-order valence-electron chi connectivity index (χ4n) is 2.86. The molecule has 9 heteroatoms. The maximum atomic E-state index is 12.4. The summed E-state index contributed by atoms with van der Waals surface area (Å²) in [5.74, 6) is 0.998. The molecule has 1 aromatic carbocycles. The molecule has 1 N–H and O–H groups in total. The van der Waals surface area contributed by atoms with Crippen molar-refractivity contribution < 1.29 is 13.9 Å². The van der Waals surface area contributed by atoms with Gasteiger partial charge in [-0.15, -0.1) is 11.3 Å². The van der Waals surface area contributed by atoms with Crippen LogP contribution in [-0.2, 0) is 13.2 Å². The first-order valence-electron chi connectivity index (χ1n) is 9.62. The summed E-state index contributed by atoms with van der Waals surface area (Å²) >= 11 is 1.55. The van der Waals surface area contributed by atoms with E-state index in [-0.39, 0.29) is 24.6 Å². The van der Waals surface area contributed by atoms with Crippen LogP contribution in [0.5, 0.6) is 5.75 Å². The predicted octanol–water partition coefficient (Wildman–Crippen LogP) is 3.28. The molecule has 0 saturated heterocycles. The van der Waals surface area contributed by atoms with Gasteiger partial charge in [0.05, 0.1) is 12.8 Å². The molecule has 0 radical (unpaired) electrons. The van der Waals surface area contributed by atoms with Crippen LogP contribution in [0, 0.1) is 6.92 Å². The van der Waals surface area contributed by atoms with Crippen molar-refractivity contribution in [1.29, 1.82) is 0 Å². The molecule has 0 aliphatic heterocycles. The van der Waals surface area contributed by atoms with Crippen LogP contribution in [0.25, 0.3) is 11.5 Å². The van der Waals surface area contributed by atoms with E-state index in [0.29, 0.717) is 29.4 Å². The first-order valence-corrected chi connectivity index (χ1v) is 10.5. The minimum Gasteiger partial charge on any atom is -0.486 e. The summed E-state index contributed by atoms with van der Waals surface area (Å²) in [6.07, 6.45) is 1.54. The van der Waals surface area contributed by atoms with E-state index < -0.39 is 0 Å². The Morgan fingerprint density at radius 3 is 2.74 bits per heavy atom. The third kappa shape index (κ3) is 5.26. The normalized spacial score (nSPS) is 10.7. The van der Waals surface area contributed by atoms with E-state index in [2.05, 4.69) is 15.4 Å². The van der Waals surface area contributed by atoms with Crippen LogP contribution < -0.4 is 15.6 Å². The number of amides is 1. The maximum absolute atomic E-state index is 12.4. The number of aromatic nitrogens is 3. The number of carbonyl (C=O) groups is 1. The molecule has 0 spiro atoms. The largest absolute Gasteiger partial charge is 0.486 e. The molecule has 0 fully saturated rings. The molecule has 158 valence electrons. The Morgan fingerprint density at radius 1 is 1.19 bits per heavy atom. The summed E-state index contributed by atoms with van der Waals surface area (Å²) in [5.41, 5.74) is 1.78. The Hall–Kier alpha value is -3.72. The van der Waals surface area contributed by atoms with Crippen LogP contribution in [0.15, 0.2) is 69.4 Å². The zero-order valence-corrected chi connectivity index (χ0v) is 17.6. The van der Waals surface area contributed by atoms with Gasteiger partial charge in [-0.2, -0.15) is 5.10 Å². The van der Waals surface area contributed by atoms with Crippen molar-refractivity contribution in [1.82, 2.24) is 20.1 Å². The standard InChI is InChI=1S/C22H20N4O4S/c1-15-14-31-20(24-15)13-30-17-6-4-16(5-7-17)22(28)23-10-11-26-21(27)9-8-18(25-26)19-3-2-12-29-19/h2-9,12,14H,10-11,13H2,1H3,(H,23,28). The van der Waals surface area contributed by atoms with Gasteiger partial charge in [-0.3, -0.25) is 9.59 Å². The lowest BCUT2D eigenvalue weighted by Crippen LogP contribution is -2.31. The highest BCUT2D eigenvalue weighted by atomic mass is 32.1. The average Bonchev–Trinajstić information content (AvgIpc) is 3.46. The molecule has 0 atom stereocenters. The van der Waals surface area contributed by atoms with Gasteiger partial charge in [0.2, 0.25) is 0 Å². The topological polar surface area (TPSA) is 99.2 Å². The number of benzene rings is 1. The summed E-state index contributed by atoms with van der Waals surface area (Å²) in [5, 5.41) is 9.96. The average molecular weight is 436 g/mol. The van der Waals surface area contributed by atoms with Gasteiger partial charge in [-0.1, -0.05) is 0 Å². The number of ether oxygens (including phenoxy) is 1. The number of nitrogens with zero attached hydrogens (tertiary/aromatic N) is 3. The Bertz CT molecular complexity index is 1210. The molecular weight excluding hydrogens is 416 g/mol. The predicted molar refractivity (Wildman–Crippen MR) is 116 cm³/mol. The van der Waals surface area contributed by atoms with Crippen molar-refractivity contribution in [2.45, 2.75) is 20.1 Å². The Balaban J connectivity index is 1.30. The van der Waals surface area contributed by atoms with Crippen LogP contribution in [0.4, 0.5) is 0 Å². The maximum Gasteiger partial charge on any atom is 0.266 e. The van der Waals surface area contributed by atoms with E-state index >= 15 is 0 Å². The second-order valence-corrected chi connectivity index (χ2v) is 7.65. The molecule has 0 aliphatic carbocycles. The molecule has 1 amide bonds. The quantitative estimate of drug-likeness (QED) is 0.455. The Labute approximate surface area is 182 Å². The Kier molecular flexibility index (Phi) is 6.23. The highest BCUT2D eigenvalue weighted by Crippen LogP contribution is 2.17. The van der Waals surface area contributed by atoms with E-state index in [1.54, 1.807) is 60.1 Å². The number of rotatable bonds is 8. The molecule has 4 aromatic rings. The zero-order valence-electron chi connectivity index (χ0n) is 16.8. The number of furan rings is 1. The molecule has 0 bridgehead atoms. The molecular formula is C22H20N4O4S. The molecule has 3 aromatic heterocycles. The van der Waals surface area contributed by atoms with Gasteiger partial charge in [-0.05, 0) is 49.4 Å². The third-order valence-electron chi connectivity index (χ3n) is 4.39. The summed E-state index contributed by atoms with van der Waals surface area (Å²) in [7, 11) is 0. The number of thiazole rings is 1. The zero-order chi connectivity index (χ0) is 21.6. The Morgan fingerprint density at radius 2 is 2.03 bits per heavy atom. The molecule has 8 nitrogen and oxygen atoms in total. The van der Waals surface area contributed by atoms with E-state index in [1.165, 1.54) is 10.7 Å². The van der Waals surface area contributed by atoms with Crippen LogP contribution in [-0.4, -0.2) is 27.2 Å². The molecule has 0 aliphatic rings. The first kappa shape index (κ1) is 20.5. The fourth-order valence-corrected chi connectivity index (χ4v) is 3.54. The first-order chi connectivity index (χ1) is 15.1. The van der Waals surface area contributed by atoms with E-state index in [4.69, 9.17) is 9.15 Å². The van der Waals surface area contributed by atoms with Gasteiger partial charge >= 0.3 is 0 Å². The number of nitrogens with one attached hydrogen (secondary N) is 1. The van der Waals surface area contributed by atoms with Crippen LogP contribution >= 0.6 is 11.3 Å². The summed E-state index contributed by atoms with van der Waals surface area (Å²) in [6.45, 7) is 2.83. The van der Waals surface area contributed by atoms with Gasteiger partial charge in [0.1, 0.15) is 23.1 Å². The van der Waals surface area contributed by atoms with E-state index in [1.807, 2.05) is 12.3 Å². The van der Waals surface area contributed by atoms with Crippen molar-refractivity contribution in [3.63, 3.8) is 0 Å². The fraction of sp³-hybridized carbons (Fsp3) is 0.182. The summed E-state index contributed by atoms with van der Waals surface area (Å²) < 4.78 is 12.3. The van der Waals surface area contributed by atoms with Crippen molar-refractivity contribution in [3.05, 3.63) is 86.8 Å².